The van der Waals surface area contributed by atoms with Crippen LogP contribution in [0.4, 0.5) is 0 Å². The zero-order valence-corrected chi connectivity index (χ0v) is 17.0. The molecule has 0 aliphatic carbocycles. The number of aliphatic hydroxyl groups excluding tert-OH is 2. The van der Waals surface area contributed by atoms with E-state index in [4.69, 9.17) is 0 Å². The van der Waals surface area contributed by atoms with Crippen molar-refractivity contribution in [2.75, 3.05) is 0 Å². The van der Waals surface area contributed by atoms with E-state index in [1.807, 2.05) is 6.08 Å². The summed E-state index contributed by atoms with van der Waals surface area (Å²) in [5.74, 6) is 0. The first kappa shape index (κ1) is 26.9. The average Bonchev–Trinajstić information content (AvgIpc) is 2.66. The number of hydrogen-bond donors (Lipinski definition) is 2. The first-order valence-electron chi connectivity index (χ1n) is 10.1. The van der Waals surface area contributed by atoms with Crippen LogP contribution in [0.15, 0.2) is 24.3 Å². The van der Waals surface area contributed by atoms with E-state index in [1.165, 1.54) is 12.2 Å². The van der Waals surface area contributed by atoms with Gasteiger partial charge in [0.15, 0.2) is 6.29 Å². The van der Waals surface area contributed by atoms with E-state index in [-0.39, 0.29) is 38.5 Å². The molecule has 0 aromatic heterocycles. The van der Waals surface area contributed by atoms with E-state index in [2.05, 4.69) is 6.92 Å². The first-order chi connectivity index (χ1) is 13.8. The van der Waals surface area contributed by atoms with Gasteiger partial charge in [0.2, 0.25) is 12.1 Å². The van der Waals surface area contributed by atoms with Crippen molar-refractivity contribution in [1.29, 1.82) is 0 Å². The Morgan fingerprint density at radius 1 is 0.862 bits per heavy atom. The molecule has 0 aromatic carbocycles. The van der Waals surface area contributed by atoms with E-state index in [9.17, 15) is 35.2 Å². The van der Waals surface area contributed by atoms with Gasteiger partial charge in [-0.25, -0.2) is 0 Å². The Morgan fingerprint density at radius 2 is 1.41 bits per heavy atom. The summed E-state index contributed by atoms with van der Waals surface area (Å²) in [6.07, 6.45) is 10.5. The van der Waals surface area contributed by atoms with Crippen LogP contribution in [0.1, 0.15) is 71.1 Å². The highest BCUT2D eigenvalue weighted by Gasteiger charge is 2.29. The van der Waals surface area contributed by atoms with Gasteiger partial charge in [-0.15, -0.1) is 0 Å². The van der Waals surface area contributed by atoms with Crippen molar-refractivity contribution in [1.82, 2.24) is 0 Å². The Bertz CT molecular complexity index is 537. The quantitative estimate of drug-likeness (QED) is 0.152. The minimum Gasteiger partial charge on any atom is -0.386 e. The summed E-state index contributed by atoms with van der Waals surface area (Å²) in [6.45, 7) is 2.10. The standard InChI is InChI=1S/C20H33N2O7/c1-2-3-4-5-6-7-14-19(24)17(21(26)27)12-8-9-15-20(25)18(22(28)29)13-10-11-16-23/h6-9,17-20,24-25H,2-5,10-15H2,1H3/b7-6-,9-8-. The summed E-state index contributed by atoms with van der Waals surface area (Å²) in [4.78, 5) is 31.3. The molecular weight excluding hydrogens is 380 g/mol. The van der Waals surface area contributed by atoms with Crippen LogP contribution in [0.3, 0.4) is 0 Å². The minimum atomic E-state index is -1.25. The van der Waals surface area contributed by atoms with Crippen molar-refractivity contribution in [2.24, 2.45) is 0 Å². The number of aliphatic hydroxyl groups is 2. The largest absolute Gasteiger partial charge is 0.386 e. The number of hydrogen-bond acceptors (Lipinski definition) is 7. The van der Waals surface area contributed by atoms with E-state index in [1.54, 1.807) is 12.4 Å². The van der Waals surface area contributed by atoms with Gasteiger partial charge in [0.25, 0.3) is 0 Å². The maximum atomic E-state index is 11.2. The van der Waals surface area contributed by atoms with Crippen molar-refractivity contribution < 1.29 is 24.9 Å². The molecule has 0 aromatic rings. The lowest BCUT2D eigenvalue weighted by atomic mass is 10.0. The fourth-order valence-electron chi connectivity index (χ4n) is 2.86. The number of carbonyl (C=O) groups excluding carboxylic acids is 1. The summed E-state index contributed by atoms with van der Waals surface area (Å²) in [5.41, 5.74) is 0. The summed E-state index contributed by atoms with van der Waals surface area (Å²) < 4.78 is 0. The molecule has 0 aliphatic rings. The number of allylic oxidation sites excluding steroid dienone is 1. The predicted molar refractivity (Wildman–Crippen MR) is 109 cm³/mol. The number of rotatable bonds is 18. The topological polar surface area (TPSA) is 144 Å². The summed E-state index contributed by atoms with van der Waals surface area (Å²) in [7, 11) is 0. The van der Waals surface area contributed by atoms with Gasteiger partial charge in [-0.3, -0.25) is 25.0 Å². The summed E-state index contributed by atoms with van der Waals surface area (Å²) in [6, 6.07) is -2.39. The fraction of sp³-hybridized carbons (Fsp3) is 0.750. The molecule has 0 aliphatic heterocycles. The Kier molecular flexibility index (Phi) is 15.6. The van der Waals surface area contributed by atoms with E-state index < -0.39 is 34.1 Å². The number of unbranched alkanes of at least 4 members (excludes halogenated alkanes) is 4. The van der Waals surface area contributed by atoms with Crippen LogP contribution in [0, 0.1) is 20.2 Å². The maximum Gasteiger partial charge on any atom is 0.242 e. The SMILES string of the molecule is CCCCC/C=C\CC(O)C(C/C=C\CC(O)C(CCC[C]=O)[N+](=O)[O-])[N+](=O)[O-]. The van der Waals surface area contributed by atoms with Gasteiger partial charge in [-0.05, 0) is 32.1 Å². The molecule has 29 heavy (non-hydrogen) atoms. The van der Waals surface area contributed by atoms with Crippen molar-refractivity contribution >= 4 is 6.29 Å². The highest BCUT2D eigenvalue weighted by atomic mass is 16.6. The molecule has 9 heteroatoms. The molecule has 0 saturated heterocycles. The predicted octanol–water partition coefficient (Wildman–Crippen LogP) is 3.14. The van der Waals surface area contributed by atoms with Crippen molar-refractivity contribution in [2.45, 2.75) is 95.4 Å². The van der Waals surface area contributed by atoms with E-state index >= 15 is 0 Å². The van der Waals surface area contributed by atoms with Gasteiger partial charge in [0.05, 0.1) is 0 Å². The second-order valence-corrected chi connectivity index (χ2v) is 7.02. The van der Waals surface area contributed by atoms with Crippen molar-refractivity contribution in [3.8, 4) is 0 Å². The molecule has 2 N–H and O–H groups in total. The molecule has 0 saturated carbocycles. The number of nitro groups is 2. The first-order valence-corrected chi connectivity index (χ1v) is 10.1. The van der Waals surface area contributed by atoms with Gasteiger partial charge in [0, 0.05) is 29.1 Å². The van der Waals surface area contributed by atoms with E-state index in [0.717, 1.165) is 25.7 Å². The van der Waals surface area contributed by atoms with Crippen LogP contribution < -0.4 is 0 Å². The monoisotopic (exact) mass is 413 g/mol. The molecule has 0 fully saturated rings. The lowest BCUT2D eigenvalue weighted by Gasteiger charge is -2.14. The van der Waals surface area contributed by atoms with Crippen LogP contribution in [-0.2, 0) is 4.79 Å². The van der Waals surface area contributed by atoms with Crippen LogP contribution in [-0.4, -0.2) is 50.6 Å². The molecular formula is C20H33N2O7. The lowest BCUT2D eigenvalue weighted by Crippen LogP contribution is -2.33. The third-order valence-electron chi connectivity index (χ3n) is 4.65. The molecule has 9 nitrogen and oxygen atoms in total. The van der Waals surface area contributed by atoms with Gasteiger partial charge in [0.1, 0.15) is 12.2 Å². The molecule has 4 atom stereocenters. The second-order valence-electron chi connectivity index (χ2n) is 7.02. The average molecular weight is 413 g/mol. The van der Waals surface area contributed by atoms with Crippen molar-refractivity contribution in [3.63, 3.8) is 0 Å². The van der Waals surface area contributed by atoms with Crippen LogP contribution >= 0.6 is 0 Å². The summed E-state index contributed by atoms with van der Waals surface area (Å²) >= 11 is 0. The van der Waals surface area contributed by atoms with Crippen LogP contribution in [0.2, 0.25) is 0 Å². The zero-order valence-electron chi connectivity index (χ0n) is 17.0. The van der Waals surface area contributed by atoms with E-state index in [0.29, 0.717) is 0 Å². The fourth-order valence-corrected chi connectivity index (χ4v) is 2.86. The molecule has 0 rings (SSSR count). The highest BCUT2D eigenvalue weighted by Crippen LogP contribution is 2.14. The molecule has 1 radical (unpaired) electrons. The second kappa shape index (κ2) is 16.8. The van der Waals surface area contributed by atoms with Gasteiger partial charge in [-0.2, -0.15) is 0 Å². The highest BCUT2D eigenvalue weighted by molar-refractivity contribution is 5.50. The lowest BCUT2D eigenvalue weighted by molar-refractivity contribution is -0.535. The Balaban J connectivity index is 4.51. The molecule has 165 valence electrons. The molecule has 4 unspecified atom stereocenters. The molecule has 0 amide bonds. The van der Waals surface area contributed by atoms with Gasteiger partial charge < -0.3 is 10.2 Å². The smallest absolute Gasteiger partial charge is 0.242 e. The minimum absolute atomic E-state index is 0.0334. The molecule has 0 heterocycles. The molecule has 0 spiro atoms. The van der Waals surface area contributed by atoms with Crippen LogP contribution in [0.5, 0.6) is 0 Å². The van der Waals surface area contributed by atoms with Gasteiger partial charge >= 0.3 is 0 Å². The normalized spacial score (nSPS) is 16.0. The summed E-state index contributed by atoms with van der Waals surface area (Å²) in [5, 5.41) is 42.3. The zero-order chi connectivity index (χ0) is 22.1. The Hall–Kier alpha value is -2.13. The van der Waals surface area contributed by atoms with Gasteiger partial charge in [-0.1, -0.05) is 44.1 Å². The number of nitrogens with zero attached hydrogens (tertiary/aromatic N) is 2. The molecule has 0 bridgehead atoms. The third kappa shape index (κ3) is 12.8. The Labute approximate surface area is 171 Å². The van der Waals surface area contributed by atoms with Crippen LogP contribution in [0.25, 0.3) is 0 Å². The van der Waals surface area contributed by atoms with Crippen molar-refractivity contribution in [3.05, 3.63) is 44.5 Å². The maximum absolute atomic E-state index is 11.2. The third-order valence-corrected chi connectivity index (χ3v) is 4.65. The Morgan fingerprint density at radius 3 is 1.97 bits per heavy atom.